The summed E-state index contributed by atoms with van der Waals surface area (Å²) < 4.78 is 0. The molecule has 1 rings (SSSR count). The second-order valence-electron chi connectivity index (χ2n) is 3.31. The van der Waals surface area contributed by atoms with Crippen molar-refractivity contribution in [2.75, 3.05) is 31.6 Å². The van der Waals surface area contributed by atoms with E-state index >= 15 is 0 Å². The maximum atomic E-state index is 5.96. The number of hydrogen-bond donors (Lipinski definition) is 1. The fourth-order valence-corrected chi connectivity index (χ4v) is 1.95. The van der Waals surface area contributed by atoms with Gasteiger partial charge in [0.25, 0.3) is 0 Å². The molecule has 0 unspecified atom stereocenters. The Morgan fingerprint density at radius 2 is 1.80 bits per heavy atom. The van der Waals surface area contributed by atoms with Gasteiger partial charge in [0.15, 0.2) is 0 Å². The summed E-state index contributed by atoms with van der Waals surface area (Å²) in [7, 11) is 1.94. The lowest BCUT2D eigenvalue weighted by atomic mass is 10.3. The van der Waals surface area contributed by atoms with Crippen LogP contribution < -0.4 is 10.2 Å². The Bertz CT molecular complexity index is 295. The Morgan fingerprint density at radius 1 is 1.20 bits per heavy atom. The van der Waals surface area contributed by atoms with Gasteiger partial charge in [-0.3, -0.25) is 0 Å². The van der Waals surface area contributed by atoms with E-state index in [2.05, 4.69) is 17.1 Å². The first-order valence-electron chi connectivity index (χ1n) is 5.03. The average Bonchev–Trinajstić information content (AvgIpc) is 2.17. The lowest BCUT2D eigenvalue weighted by Crippen LogP contribution is -2.30. The normalized spacial score (nSPS) is 10.4. The van der Waals surface area contributed by atoms with Crippen molar-refractivity contribution in [3.8, 4) is 0 Å². The SMILES string of the molecule is CCN(CCNC)c1cc(Cl)cc(Cl)c1. The fraction of sp³-hybridized carbons (Fsp3) is 0.455. The molecule has 2 nitrogen and oxygen atoms in total. The highest BCUT2D eigenvalue weighted by Gasteiger charge is 2.05. The number of likely N-dealkylation sites (N-methyl/N-ethyl adjacent to an activating group) is 2. The molecular formula is C11H16Cl2N2. The molecule has 0 saturated heterocycles. The van der Waals surface area contributed by atoms with Gasteiger partial charge in [-0.2, -0.15) is 0 Å². The Morgan fingerprint density at radius 3 is 2.27 bits per heavy atom. The molecule has 4 heteroatoms. The zero-order chi connectivity index (χ0) is 11.3. The molecule has 1 N–H and O–H groups in total. The maximum absolute atomic E-state index is 5.96. The molecule has 1 aromatic rings. The Labute approximate surface area is 101 Å². The molecule has 0 fully saturated rings. The van der Waals surface area contributed by atoms with E-state index in [1.165, 1.54) is 0 Å². The van der Waals surface area contributed by atoms with Crippen molar-refractivity contribution in [2.24, 2.45) is 0 Å². The van der Waals surface area contributed by atoms with Gasteiger partial charge in [0.05, 0.1) is 0 Å². The molecule has 15 heavy (non-hydrogen) atoms. The lowest BCUT2D eigenvalue weighted by molar-refractivity contribution is 0.737. The van der Waals surface area contributed by atoms with Gasteiger partial charge in [-0.05, 0) is 32.2 Å². The van der Waals surface area contributed by atoms with Gasteiger partial charge < -0.3 is 10.2 Å². The summed E-state index contributed by atoms with van der Waals surface area (Å²) in [5, 5.41) is 4.49. The second-order valence-corrected chi connectivity index (χ2v) is 4.18. The Balaban J connectivity index is 2.81. The van der Waals surface area contributed by atoms with E-state index in [9.17, 15) is 0 Å². The van der Waals surface area contributed by atoms with Crippen LogP contribution in [0.2, 0.25) is 10.0 Å². The van der Waals surface area contributed by atoms with Crippen molar-refractivity contribution in [3.05, 3.63) is 28.2 Å². The molecule has 0 aromatic heterocycles. The smallest absolute Gasteiger partial charge is 0.0441 e. The molecule has 0 saturated carbocycles. The summed E-state index contributed by atoms with van der Waals surface area (Å²) in [4.78, 5) is 2.23. The molecule has 0 aliphatic heterocycles. The highest BCUT2D eigenvalue weighted by atomic mass is 35.5. The predicted molar refractivity (Wildman–Crippen MR) is 68.3 cm³/mol. The van der Waals surface area contributed by atoms with E-state index in [1.54, 1.807) is 6.07 Å². The quantitative estimate of drug-likeness (QED) is 0.860. The molecule has 84 valence electrons. The van der Waals surface area contributed by atoms with Gasteiger partial charge in [0.1, 0.15) is 0 Å². The number of halogens is 2. The third-order valence-electron chi connectivity index (χ3n) is 2.23. The van der Waals surface area contributed by atoms with E-state index in [-0.39, 0.29) is 0 Å². The van der Waals surface area contributed by atoms with Crippen LogP contribution in [0.25, 0.3) is 0 Å². The molecule has 0 amide bonds. The van der Waals surface area contributed by atoms with Crippen molar-refractivity contribution in [2.45, 2.75) is 6.92 Å². The molecule has 0 heterocycles. The monoisotopic (exact) mass is 246 g/mol. The number of nitrogens with zero attached hydrogens (tertiary/aromatic N) is 1. The van der Waals surface area contributed by atoms with Crippen LogP contribution >= 0.6 is 23.2 Å². The third-order valence-corrected chi connectivity index (χ3v) is 2.66. The zero-order valence-corrected chi connectivity index (χ0v) is 10.6. The third kappa shape index (κ3) is 3.90. The van der Waals surface area contributed by atoms with E-state index in [4.69, 9.17) is 23.2 Å². The molecule has 0 spiro atoms. The van der Waals surface area contributed by atoms with Gasteiger partial charge in [0, 0.05) is 35.4 Å². The maximum Gasteiger partial charge on any atom is 0.0441 e. The summed E-state index contributed by atoms with van der Waals surface area (Å²) in [6.07, 6.45) is 0. The number of hydrogen-bond acceptors (Lipinski definition) is 2. The van der Waals surface area contributed by atoms with E-state index in [0.717, 1.165) is 25.3 Å². The first-order valence-corrected chi connectivity index (χ1v) is 5.78. The highest BCUT2D eigenvalue weighted by Crippen LogP contribution is 2.25. The van der Waals surface area contributed by atoms with Crippen LogP contribution in [-0.4, -0.2) is 26.7 Å². The number of anilines is 1. The van der Waals surface area contributed by atoms with Crippen LogP contribution in [0.4, 0.5) is 5.69 Å². The minimum atomic E-state index is 0.681. The molecule has 1 aromatic carbocycles. The predicted octanol–water partition coefficient (Wildman–Crippen LogP) is 3.04. The first-order chi connectivity index (χ1) is 7.17. The van der Waals surface area contributed by atoms with Crippen LogP contribution in [-0.2, 0) is 0 Å². The summed E-state index contributed by atoms with van der Waals surface area (Å²) >= 11 is 11.9. The van der Waals surface area contributed by atoms with Crippen LogP contribution in [0.15, 0.2) is 18.2 Å². The second kappa shape index (κ2) is 6.21. The summed E-state index contributed by atoms with van der Waals surface area (Å²) in [5.74, 6) is 0. The Kier molecular flexibility index (Phi) is 5.23. The van der Waals surface area contributed by atoms with Crippen LogP contribution in [0.5, 0.6) is 0 Å². The van der Waals surface area contributed by atoms with Crippen molar-refractivity contribution >= 4 is 28.9 Å². The topological polar surface area (TPSA) is 15.3 Å². The highest BCUT2D eigenvalue weighted by molar-refractivity contribution is 6.35. The average molecular weight is 247 g/mol. The van der Waals surface area contributed by atoms with Gasteiger partial charge in [0.2, 0.25) is 0 Å². The number of rotatable bonds is 5. The van der Waals surface area contributed by atoms with Gasteiger partial charge in [-0.15, -0.1) is 0 Å². The summed E-state index contributed by atoms with van der Waals surface area (Å²) in [5.41, 5.74) is 1.07. The van der Waals surface area contributed by atoms with Crippen LogP contribution in [0.1, 0.15) is 6.92 Å². The van der Waals surface area contributed by atoms with E-state index in [1.807, 2.05) is 19.2 Å². The standard InChI is InChI=1S/C11H16Cl2N2/c1-3-15(5-4-14-2)11-7-9(12)6-10(13)8-11/h6-8,14H,3-5H2,1-2H3. The minimum absolute atomic E-state index is 0.681. The van der Waals surface area contributed by atoms with Crippen molar-refractivity contribution < 1.29 is 0 Å². The van der Waals surface area contributed by atoms with Gasteiger partial charge in [-0.25, -0.2) is 0 Å². The fourth-order valence-electron chi connectivity index (χ4n) is 1.44. The summed E-state index contributed by atoms with van der Waals surface area (Å²) in [6, 6.07) is 5.62. The van der Waals surface area contributed by atoms with Crippen molar-refractivity contribution in [1.82, 2.24) is 5.32 Å². The van der Waals surface area contributed by atoms with E-state index in [0.29, 0.717) is 10.0 Å². The molecule has 0 radical (unpaired) electrons. The van der Waals surface area contributed by atoms with Crippen LogP contribution in [0.3, 0.4) is 0 Å². The number of benzene rings is 1. The largest absolute Gasteiger partial charge is 0.370 e. The van der Waals surface area contributed by atoms with Crippen molar-refractivity contribution in [3.63, 3.8) is 0 Å². The number of nitrogens with one attached hydrogen (secondary N) is 1. The lowest BCUT2D eigenvalue weighted by Gasteiger charge is -2.23. The minimum Gasteiger partial charge on any atom is -0.370 e. The Hall–Kier alpha value is -0.440. The van der Waals surface area contributed by atoms with Gasteiger partial charge >= 0.3 is 0 Å². The molecule has 0 aliphatic carbocycles. The van der Waals surface area contributed by atoms with Crippen molar-refractivity contribution in [1.29, 1.82) is 0 Å². The van der Waals surface area contributed by atoms with E-state index < -0.39 is 0 Å². The molecule has 0 atom stereocenters. The molecule has 0 aliphatic rings. The molecule has 0 bridgehead atoms. The summed E-state index contributed by atoms with van der Waals surface area (Å²) in [6.45, 7) is 4.95. The first kappa shape index (κ1) is 12.6. The van der Waals surface area contributed by atoms with Gasteiger partial charge in [-0.1, -0.05) is 23.2 Å². The van der Waals surface area contributed by atoms with Crippen LogP contribution in [0, 0.1) is 0 Å². The zero-order valence-electron chi connectivity index (χ0n) is 9.06. The molecular weight excluding hydrogens is 231 g/mol.